The number of nitrogens with zero attached hydrogens (tertiary/aromatic N) is 1. The van der Waals surface area contributed by atoms with Crippen molar-refractivity contribution in [2.75, 3.05) is 6.54 Å². The third-order valence-electron chi connectivity index (χ3n) is 4.77. The minimum absolute atomic E-state index is 0.0904. The van der Waals surface area contributed by atoms with Gasteiger partial charge in [0.05, 0.1) is 4.88 Å². The lowest BCUT2D eigenvalue weighted by molar-refractivity contribution is -0.141. The number of carboxylic acids is 1. The van der Waals surface area contributed by atoms with E-state index in [0.29, 0.717) is 13.0 Å². The average molecular weight is 307 g/mol. The predicted octanol–water partition coefficient (Wildman–Crippen LogP) is 2.95. The van der Waals surface area contributed by atoms with E-state index in [9.17, 15) is 14.7 Å². The summed E-state index contributed by atoms with van der Waals surface area (Å²) in [6.45, 7) is 2.78. The van der Waals surface area contributed by atoms with Gasteiger partial charge in [-0.1, -0.05) is 13.3 Å². The number of amides is 1. The Bertz CT molecular complexity index is 566. The van der Waals surface area contributed by atoms with Gasteiger partial charge in [-0.05, 0) is 49.7 Å². The fourth-order valence-corrected chi connectivity index (χ4v) is 4.63. The largest absolute Gasteiger partial charge is 0.480 e. The number of thiophene rings is 1. The van der Waals surface area contributed by atoms with Crippen LogP contribution in [0.5, 0.6) is 0 Å². The van der Waals surface area contributed by atoms with E-state index in [1.54, 1.807) is 11.3 Å². The molecule has 1 aromatic rings. The van der Waals surface area contributed by atoms with Gasteiger partial charge in [-0.15, -0.1) is 11.3 Å². The van der Waals surface area contributed by atoms with E-state index in [4.69, 9.17) is 0 Å². The Morgan fingerprint density at radius 2 is 2.24 bits per heavy atom. The first-order chi connectivity index (χ1) is 10.1. The third kappa shape index (κ3) is 2.71. The van der Waals surface area contributed by atoms with Gasteiger partial charge in [-0.2, -0.15) is 0 Å². The second-order valence-electron chi connectivity index (χ2n) is 6.07. The molecule has 0 bridgehead atoms. The zero-order valence-electron chi connectivity index (χ0n) is 12.3. The van der Waals surface area contributed by atoms with Gasteiger partial charge in [0.25, 0.3) is 5.91 Å². The maximum atomic E-state index is 12.6. The highest BCUT2D eigenvalue weighted by atomic mass is 32.1. The van der Waals surface area contributed by atoms with Crippen LogP contribution in [-0.2, 0) is 17.6 Å². The number of fused-ring (bicyclic) bond motifs is 1. The summed E-state index contributed by atoms with van der Waals surface area (Å²) in [6.07, 6.45) is 5.88. The normalized spacial score (nSPS) is 24.9. The summed E-state index contributed by atoms with van der Waals surface area (Å²) in [7, 11) is 0. The second-order valence-corrected chi connectivity index (χ2v) is 7.21. The number of hydrogen-bond acceptors (Lipinski definition) is 3. The number of aryl methyl sites for hydroxylation is 1. The van der Waals surface area contributed by atoms with E-state index in [0.717, 1.165) is 30.1 Å². The molecule has 0 saturated carbocycles. The maximum Gasteiger partial charge on any atom is 0.326 e. The maximum absolute atomic E-state index is 12.6. The van der Waals surface area contributed by atoms with Gasteiger partial charge in [-0.3, -0.25) is 4.79 Å². The van der Waals surface area contributed by atoms with Gasteiger partial charge in [-0.25, -0.2) is 4.79 Å². The lowest BCUT2D eigenvalue weighted by atomic mass is 9.87. The van der Waals surface area contributed by atoms with E-state index in [1.807, 2.05) is 6.07 Å². The number of rotatable bonds is 3. The number of carboxylic acid groups (broad SMARTS) is 1. The number of carbonyl (C=O) groups excluding carboxylic acids is 1. The molecule has 21 heavy (non-hydrogen) atoms. The van der Waals surface area contributed by atoms with Crippen molar-refractivity contribution in [2.45, 2.75) is 51.5 Å². The Labute approximate surface area is 128 Å². The monoisotopic (exact) mass is 307 g/mol. The molecule has 1 aliphatic heterocycles. The first-order valence-corrected chi connectivity index (χ1v) is 8.57. The number of likely N-dealkylation sites (tertiary alicyclic amines) is 1. The lowest BCUT2D eigenvalue weighted by Crippen LogP contribution is -2.40. The van der Waals surface area contributed by atoms with Crippen molar-refractivity contribution < 1.29 is 14.7 Å². The van der Waals surface area contributed by atoms with Crippen LogP contribution in [0.25, 0.3) is 0 Å². The molecule has 1 aromatic heterocycles. The van der Waals surface area contributed by atoms with Crippen molar-refractivity contribution in [3.63, 3.8) is 0 Å². The highest BCUT2D eigenvalue weighted by molar-refractivity contribution is 7.14. The highest BCUT2D eigenvalue weighted by Gasteiger charge is 2.35. The summed E-state index contributed by atoms with van der Waals surface area (Å²) in [5, 5.41) is 9.22. The van der Waals surface area contributed by atoms with Gasteiger partial charge in [0.1, 0.15) is 6.04 Å². The molecule has 2 heterocycles. The molecule has 1 aliphatic carbocycles. The number of hydrogen-bond donors (Lipinski definition) is 1. The SMILES string of the molecule is CCC1CCc2sc(C(=O)N3CCC[C@@H]3C(=O)O)cc2C1. The summed E-state index contributed by atoms with van der Waals surface area (Å²) in [5.41, 5.74) is 1.31. The van der Waals surface area contributed by atoms with Gasteiger partial charge < -0.3 is 10.0 Å². The van der Waals surface area contributed by atoms with Crippen LogP contribution in [-0.4, -0.2) is 34.5 Å². The minimum atomic E-state index is -0.881. The highest BCUT2D eigenvalue weighted by Crippen LogP contribution is 2.34. The quantitative estimate of drug-likeness (QED) is 0.934. The van der Waals surface area contributed by atoms with Crippen LogP contribution in [0.3, 0.4) is 0 Å². The van der Waals surface area contributed by atoms with E-state index in [1.165, 1.54) is 28.2 Å². The van der Waals surface area contributed by atoms with Crippen LogP contribution in [0.15, 0.2) is 6.07 Å². The molecule has 1 saturated heterocycles. The van der Waals surface area contributed by atoms with Crippen molar-refractivity contribution in [3.8, 4) is 0 Å². The molecule has 114 valence electrons. The van der Waals surface area contributed by atoms with Crippen LogP contribution in [0.1, 0.15) is 52.7 Å². The smallest absolute Gasteiger partial charge is 0.326 e. The lowest BCUT2D eigenvalue weighted by Gasteiger charge is -2.20. The van der Waals surface area contributed by atoms with Crippen molar-refractivity contribution in [3.05, 3.63) is 21.4 Å². The molecular formula is C16H21NO3S. The van der Waals surface area contributed by atoms with Crippen molar-refractivity contribution >= 4 is 23.2 Å². The zero-order valence-corrected chi connectivity index (χ0v) is 13.1. The molecule has 0 aromatic carbocycles. The fraction of sp³-hybridized carbons (Fsp3) is 0.625. The Hall–Kier alpha value is -1.36. The van der Waals surface area contributed by atoms with Crippen molar-refractivity contribution in [2.24, 2.45) is 5.92 Å². The molecule has 0 spiro atoms. The summed E-state index contributed by atoms with van der Waals surface area (Å²) in [5.74, 6) is -0.242. The Morgan fingerprint density at radius 3 is 2.95 bits per heavy atom. The van der Waals surface area contributed by atoms with Crippen LogP contribution in [0.2, 0.25) is 0 Å². The van der Waals surface area contributed by atoms with E-state index in [-0.39, 0.29) is 5.91 Å². The fourth-order valence-electron chi connectivity index (χ4n) is 3.46. The van der Waals surface area contributed by atoms with E-state index in [2.05, 4.69) is 6.92 Å². The topological polar surface area (TPSA) is 57.6 Å². The van der Waals surface area contributed by atoms with E-state index < -0.39 is 12.0 Å². The van der Waals surface area contributed by atoms with Crippen molar-refractivity contribution in [1.29, 1.82) is 0 Å². The zero-order chi connectivity index (χ0) is 15.0. The molecule has 2 atom stereocenters. The number of aliphatic carboxylic acids is 1. The standard InChI is InChI=1S/C16H21NO3S/c1-2-10-5-6-13-11(8-10)9-14(21-13)15(18)17-7-3-4-12(17)16(19)20/h9-10,12H,2-8H2,1H3,(H,19,20)/t10?,12-/m1/s1. The molecule has 1 fully saturated rings. The van der Waals surface area contributed by atoms with Crippen molar-refractivity contribution in [1.82, 2.24) is 4.90 Å². The van der Waals surface area contributed by atoms with Gasteiger partial charge in [0, 0.05) is 11.4 Å². The molecule has 5 heteroatoms. The summed E-state index contributed by atoms with van der Waals surface area (Å²) < 4.78 is 0. The van der Waals surface area contributed by atoms with Crippen LogP contribution < -0.4 is 0 Å². The number of carbonyl (C=O) groups is 2. The predicted molar refractivity (Wildman–Crippen MR) is 81.8 cm³/mol. The second kappa shape index (κ2) is 5.79. The molecule has 1 N–H and O–H groups in total. The van der Waals surface area contributed by atoms with E-state index >= 15 is 0 Å². The molecule has 0 radical (unpaired) electrons. The molecule has 4 nitrogen and oxygen atoms in total. The Kier molecular flexibility index (Phi) is 4.02. The third-order valence-corrected chi connectivity index (χ3v) is 6.00. The van der Waals surface area contributed by atoms with Crippen LogP contribution >= 0.6 is 11.3 Å². The summed E-state index contributed by atoms with van der Waals surface area (Å²) >= 11 is 1.57. The van der Waals surface area contributed by atoms with Crippen LogP contribution in [0.4, 0.5) is 0 Å². The first kappa shape index (κ1) is 14.6. The van der Waals surface area contributed by atoms with Gasteiger partial charge in [0.2, 0.25) is 0 Å². The molecule has 3 rings (SSSR count). The van der Waals surface area contributed by atoms with Gasteiger partial charge in [0.15, 0.2) is 0 Å². The summed E-state index contributed by atoms with van der Waals surface area (Å²) in [6, 6.07) is 1.38. The average Bonchev–Trinajstić information content (AvgIpc) is 3.12. The molecule has 2 aliphatic rings. The first-order valence-electron chi connectivity index (χ1n) is 7.75. The minimum Gasteiger partial charge on any atom is -0.480 e. The Balaban J connectivity index is 1.80. The van der Waals surface area contributed by atoms with Crippen LogP contribution in [0, 0.1) is 5.92 Å². The summed E-state index contributed by atoms with van der Waals surface area (Å²) in [4.78, 5) is 27.4. The van der Waals surface area contributed by atoms with Gasteiger partial charge >= 0.3 is 5.97 Å². The molecule has 1 amide bonds. The molecular weight excluding hydrogens is 286 g/mol. The molecule has 1 unspecified atom stereocenters. The Morgan fingerprint density at radius 1 is 1.43 bits per heavy atom.